The largest absolute Gasteiger partial charge is 0.335 e. The highest BCUT2D eigenvalue weighted by atomic mass is 32.2. The van der Waals surface area contributed by atoms with E-state index >= 15 is 0 Å². The fourth-order valence-electron chi connectivity index (χ4n) is 2.92. The zero-order valence-corrected chi connectivity index (χ0v) is 19.0. The minimum atomic E-state index is -3.79. The molecule has 0 saturated heterocycles. The first kappa shape index (κ1) is 22.5. The van der Waals surface area contributed by atoms with Gasteiger partial charge in [-0.2, -0.15) is 5.10 Å². The van der Waals surface area contributed by atoms with E-state index in [9.17, 15) is 13.2 Å². The first-order valence-corrected chi connectivity index (χ1v) is 12.1. The second kappa shape index (κ2) is 9.05. The average Bonchev–Trinajstić information content (AvgIpc) is 3.39. The number of hydrogen-bond donors (Lipinski definition) is 4. The predicted molar refractivity (Wildman–Crippen MR) is 125 cm³/mol. The van der Waals surface area contributed by atoms with Crippen molar-refractivity contribution in [1.29, 1.82) is 0 Å². The van der Waals surface area contributed by atoms with Gasteiger partial charge >= 0.3 is 0 Å². The number of hydrogen-bond acceptors (Lipinski definition) is 8. The SMILES string of the molecule is Cc1ccc(-c2cc(-c3nnc(SCC(=O)Nc4ccc(S(N)(=O)=O)cc4)n3N)[nH]n2)cc1. The van der Waals surface area contributed by atoms with Gasteiger partial charge in [-0.25, -0.2) is 18.2 Å². The van der Waals surface area contributed by atoms with Gasteiger partial charge in [0.2, 0.25) is 26.9 Å². The number of carbonyl (C=O) groups excluding carboxylic acids is 1. The van der Waals surface area contributed by atoms with E-state index < -0.39 is 10.0 Å². The summed E-state index contributed by atoms with van der Waals surface area (Å²) in [5, 5.41) is 23.4. The Morgan fingerprint density at radius 3 is 2.48 bits per heavy atom. The summed E-state index contributed by atoms with van der Waals surface area (Å²) < 4.78 is 23.9. The molecule has 0 atom stereocenters. The number of benzene rings is 2. The van der Waals surface area contributed by atoms with Gasteiger partial charge in [-0.1, -0.05) is 41.6 Å². The molecule has 6 N–H and O–H groups in total. The molecule has 0 saturated carbocycles. The zero-order chi connectivity index (χ0) is 23.6. The first-order chi connectivity index (χ1) is 15.7. The molecule has 0 radical (unpaired) electrons. The van der Waals surface area contributed by atoms with E-state index in [1.807, 2.05) is 37.3 Å². The number of amides is 1. The van der Waals surface area contributed by atoms with Crippen LogP contribution in [0.15, 0.2) is 64.6 Å². The standard InChI is InChI=1S/C20H20N8O3S2/c1-12-2-4-13(5-3-12)16-10-17(25-24-16)19-26-27-20(28(19)21)32-11-18(29)23-14-6-8-15(9-7-14)33(22,30)31/h2-10H,11,21H2,1H3,(H,23,29)(H,24,25)(H2,22,30,31). The fraction of sp³-hybridized carbons (Fsp3) is 0.100. The third kappa shape index (κ3) is 5.22. The highest BCUT2D eigenvalue weighted by molar-refractivity contribution is 7.99. The number of nitrogens with zero attached hydrogens (tertiary/aromatic N) is 4. The van der Waals surface area contributed by atoms with Crippen molar-refractivity contribution in [1.82, 2.24) is 25.1 Å². The van der Waals surface area contributed by atoms with Crippen LogP contribution in [0.3, 0.4) is 0 Å². The van der Waals surface area contributed by atoms with E-state index in [0.29, 0.717) is 22.4 Å². The van der Waals surface area contributed by atoms with E-state index in [-0.39, 0.29) is 16.6 Å². The number of aryl methyl sites for hydroxylation is 1. The molecule has 0 bridgehead atoms. The molecule has 4 rings (SSSR count). The molecule has 4 aromatic rings. The number of sulfonamides is 1. The molecular formula is C20H20N8O3S2. The molecule has 2 aromatic heterocycles. The van der Waals surface area contributed by atoms with Gasteiger partial charge in [0.25, 0.3) is 0 Å². The van der Waals surface area contributed by atoms with Gasteiger partial charge in [0.1, 0.15) is 5.69 Å². The molecule has 2 aromatic carbocycles. The normalized spacial score (nSPS) is 11.5. The Kier molecular flexibility index (Phi) is 6.18. The number of rotatable bonds is 7. The van der Waals surface area contributed by atoms with E-state index in [1.54, 1.807) is 0 Å². The van der Waals surface area contributed by atoms with Crippen molar-refractivity contribution in [2.45, 2.75) is 17.0 Å². The first-order valence-electron chi connectivity index (χ1n) is 9.59. The minimum Gasteiger partial charge on any atom is -0.335 e. The highest BCUT2D eigenvalue weighted by Gasteiger charge is 2.16. The molecule has 2 heterocycles. The number of nitrogens with two attached hydrogens (primary N) is 2. The Labute approximate surface area is 193 Å². The molecular weight excluding hydrogens is 464 g/mol. The Bertz CT molecular complexity index is 1390. The van der Waals surface area contributed by atoms with Gasteiger partial charge in [0, 0.05) is 11.3 Å². The van der Waals surface area contributed by atoms with Gasteiger partial charge < -0.3 is 11.2 Å². The van der Waals surface area contributed by atoms with Gasteiger partial charge in [-0.15, -0.1) is 10.2 Å². The molecule has 1 amide bonds. The molecule has 0 aliphatic carbocycles. The summed E-state index contributed by atoms with van der Waals surface area (Å²) in [6.45, 7) is 2.01. The number of aromatic amines is 1. The molecule has 170 valence electrons. The van der Waals surface area contributed by atoms with Crippen LogP contribution in [0, 0.1) is 6.92 Å². The van der Waals surface area contributed by atoms with Crippen LogP contribution < -0.4 is 16.3 Å². The summed E-state index contributed by atoms with van der Waals surface area (Å²) in [4.78, 5) is 12.2. The zero-order valence-electron chi connectivity index (χ0n) is 17.4. The lowest BCUT2D eigenvalue weighted by Crippen LogP contribution is -2.17. The lowest BCUT2D eigenvalue weighted by molar-refractivity contribution is -0.113. The fourth-order valence-corrected chi connectivity index (χ4v) is 4.09. The van der Waals surface area contributed by atoms with Crippen molar-refractivity contribution in [3.8, 4) is 22.8 Å². The maximum atomic E-state index is 12.3. The van der Waals surface area contributed by atoms with Gasteiger partial charge in [0.05, 0.1) is 16.3 Å². The van der Waals surface area contributed by atoms with E-state index in [1.165, 1.54) is 28.9 Å². The van der Waals surface area contributed by atoms with Crippen LogP contribution >= 0.6 is 11.8 Å². The van der Waals surface area contributed by atoms with Gasteiger partial charge in [0.15, 0.2) is 0 Å². The summed E-state index contributed by atoms with van der Waals surface area (Å²) in [6.07, 6.45) is 0. The predicted octanol–water partition coefficient (Wildman–Crippen LogP) is 1.74. The molecule has 0 unspecified atom stereocenters. The second-order valence-corrected chi connectivity index (χ2v) is 9.62. The van der Waals surface area contributed by atoms with Crippen molar-refractivity contribution in [3.05, 3.63) is 60.2 Å². The Morgan fingerprint density at radius 1 is 1.12 bits per heavy atom. The number of anilines is 1. The van der Waals surface area contributed by atoms with Gasteiger partial charge in [-0.05, 0) is 37.3 Å². The summed E-state index contributed by atoms with van der Waals surface area (Å²) in [7, 11) is -3.79. The molecule has 0 spiro atoms. The summed E-state index contributed by atoms with van der Waals surface area (Å²) >= 11 is 1.10. The summed E-state index contributed by atoms with van der Waals surface area (Å²) in [5.74, 6) is 6.19. The Morgan fingerprint density at radius 2 is 1.82 bits per heavy atom. The lowest BCUT2D eigenvalue weighted by atomic mass is 10.1. The molecule has 11 nitrogen and oxygen atoms in total. The van der Waals surface area contributed by atoms with Crippen molar-refractivity contribution in [3.63, 3.8) is 0 Å². The van der Waals surface area contributed by atoms with Crippen LogP contribution in [-0.2, 0) is 14.8 Å². The quantitative estimate of drug-likeness (QED) is 0.226. The van der Waals surface area contributed by atoms with Crippen molar-refractivity contribution in [2.24, 2.45) is 5.14 Å². The summed E-state index contributed by atoms with van der Waals surface area (Å²) in [5.41, 5.74) is 3.88. The van der Waals surface area contributed by atoms with Crippen LogP contribution in [0.4, 0.5) is 5.69 Å². The van der Waals surface area contributed by atoms with Crippen molar-refractivity contribution >= 4 is 33.4 Å². The molecule has 0 fully saturated rings. The third-order valence-corrected chi connectivity index (χ3v) is 6.50. The minimum absolute atomic E-state index is 0.0177. The van der Waals surface area contributed by atoms with Crippen LogP contribution in [0.5, 0.6) is 0 Å². The number of thioether (sulfide) groups is 1. The van der Waals surface area contributed by atoms with E-state index in [0.717, 1.165) is 28.6 Å². The molecule has 0 aliphatic rings. The number of primary sulfonamides is 1. The highest BCUT2D eigenvalue weighted by Crippen LogP contribution is 2.25. The molecule has 13 heteroatoms. The number of nitrogen functional groups attached to an aromatic ring is 1. The van der Waals surface area contributed by atoms with Crippen LogP contribution in [0.2, 0.25) is 0 Å². The number of aromatic nitrogens is 5. The average molecular weight is 485 g/mol. The van der Waals surface area contributed by atoms with E-state index in [2.05, 4.69) is 25.7 Å². The van der Waals surface area contributed by atoms with E-state index in [4.69, 9.17) is 11.0 Å². The smallest absolute Gasteiger partial charge is 0.238 e. The second-order valence-electron chi connectivity index (χ2n) is 7.12. The van der Waals surface area contributed by atoms with Crippen LogP contribution in [-0.4, -0.2) is 45.1 Å². The van der Waals surface area contributed by atoms with Gasteiger partial charge in [-0.3, -0.25) is 9.89 Å². The Hall–Kier alpha value is -3.68. The maximum absolute atomic E-state index is 12.3. The monoisotopic (exact) mass is 484 g/mol. The van der Waals surface area contributed by atoms with Crippen molar-refractivity contribution < 1.29 is 13.2 Å². The van der Waals surface area contributed by atoms with Crippen molar-refractivity contribution in [2.75, 3.05) is 16.9 Å². The van der Waals surface area contributed by atoms with Crippen LogP contribution in [0.1, 0.15) is 5.56 Å². The molecule has 33 heavy (non-hydrogen) atoms. The third-order valence-electron chi connectivity index (χ3n) is 4.63. The number of H-pyrrole nitrogens is 1. The number of nitrogens with one attached hydrogen (secondary N) is 2. The number of carbonyl (C=O) groups is 1. The topological polar surface area (TPSA) is 175 Å². The lowest BCUT2D eigenvalue weighted by Gasteiger charge is -2.06. The summed E-state index contributed by atoms with van der Waals surface area (Å²) in [6, 6.07) is 15.3. The molecule has 0 aliphatic heterocycles. The van der Waals surface area contributed by atoms with Crippen LogP contribution in [0.25, 0.3) is 22.8 Å². The maximum Gasteiger partial charge on any atom is 0.238 e. The Balaban J connectivity index is 1.39.